The van der Waals surface area contributed by atoms with Gasteiger partial charge in [0.25, 0.3) is 10.0 Å². The highest BCUT2D eigenvalue weighted by Gasteiger charge is 2.35. The monoisotopic (exact) mass is 690 g/mol. The van der Waals surface area contributed by atoms with E-state index >= 15 is 8.78 Å². The maximum absolute atomic E-state index is 15.9. The number of aromatic nitrogens is 1. The molecule has 5 rings (SSSR count). The Morgan fingerprint density at radius 2 is 1.82 bits per heavy atom. The molecular formula is C31H30BrF3N4O4S. The molecule has 44 heavy (non-hydrogen) atoms. The molecule has 0 unspecified atom stereocenters. The van der Waals surface area contributed by atoms with Crippen molar-refractivity contribution < 1.29 is 31.1 Å². The molecule has 232 valence electrons. The number of ether oxygens (including phenoxy) is 2. The predicted molar refractivity (Wildman–Crippen MR) is 165 cm³/mol. The van der Waals surface area contributed by atoms with Crippen LogP contribution in [-0.4, -0.2) is 51.7 Å². The third-order valence-corrected chi connectivity index (χ3v) is 9.88. The minimum atomic E-state index is -4.93. The number of nitrogens with one attached hydrogen (secondary N) is 1. The van der Waals surface area contributed by atoms with Crippen molar-refractivity contribution in [3.63, 3.8) is 0 Å². The van der Waals surface area contributed by atoms with Gasteiger partial charge in [-0.2, -0.15) is 0 Å². The van der Waals surface area contributed by atoms with Crippen molar-refractivity contribution in [2.24, 2.45) is 0 Å². The van der Waals surface area contributed by atoms with E-state index in [2.05, 4.69) is 31.1 Å². The minimum Gasteiger partial charge on any atom is -0.497 e. The molecule has 1 aliphatic rings. The van der Waals surface area contributed by atoms with Gasteiger partial charge in [0.15, 0.2) is 10.7 Å². The Bertz CT molecular complexity index is 1730. The molecule has 1 N–H and O–H groups in total. The molecule has 0 radical (unpaired) electrons. The lowest BCUT2D eigenvalue weighted by molar-refractivity contribution is 0.328. The fraction of sp³-hybridized carbons (Fsp3) is 0.258. The number of halogens is 4. The average Bonchev–Trinajstić information content (AvgIpc) is 3.45. The highest BCUT2D eigenvalue weighted by Crippen LogP contribution is 2.37. The van der Waals surface area contributed by atoms with E-state index in [0.717, 1.165) is 49.5 Å². The lowest BCUT2D eigenvalue weighted by Crippen LogP contribution is -2.33. The molecule has 0 saturated carbocycles. The Morgan fingerprint density at radius 3 is 2.50 bits per heavy atom. The van der Waals surface area contributed by atoms with Gasteiger partial charge in [0.2, 0.25) is 0 Å². The van der Waals surface area contributed by atoms with Gasteiger partial charge >= 0.3 is 0 Å². The zero-order valence-corrected chi connectivity index (χ0v) is 26.3. The van der Waals surface area contributed by atoms with Crippen LogP contribution in [0.5, 0.6) is 11.5 Å². The summed E-state index contributed by atoms with van der Waals surface area (Å²) in [5.74, 6) is -2.83. The summed E-state index contributed by atoms with van der Waals surface area (Å²) in [7, 11) is -2.08. The molecular weight excluding hydrogens is 661 g/mol. The summed E-state index contributed by atoms with van der Waals surface area (Å²) >= 11 is 3.15. The van der Waals surface area contributed by atoms with Crippen molar-refractivity contribution in [3.05, 3.63) is 106 Å². The number of pyridine rings is 1. The first kappa shape index (κ1) is 31.6. The zero-order valence-electron chi connectivity index (χ0n) is 23.9. The van der Waals surface area contributed by atoms with Gasteiger partial charge in [-0.25, -0.2) is 30.9 Å². The number of hydrogen-bond donors (Lipinski definition) is 1. The van der Waals surface area contributed by atoms with E-state index in [9.17, 15) is 12.8 Å². The molecule has 4 aromatic rings. The number of methoxy groups -OCH3 is 2. The summed E-state index contributed by atoms with van der Waals surface area (Å²) in [6.07, 6.45) is 1.55. The molecule has 0 bridgehead atoms. The summed E-state index contributed by atoms with van der Waals surface area (Å²) in [6, 6.07) is 17.6. The van der Waals surface area contributed by atoms with Crippen LogP contribution in [-0.2, 0) is 23.1 Å². The minimum absolute atomic E-state index is 0.0915. The van der Waals surface area contributed by atoms with Gasteiger partial charge in [0, 0.05) is 37.3 Å². The predicted octanol–water partition coefficient (Wildman–Crippen LogP) is 6.36. The first-order valence-electron chi connectivity index (χ1n) is 13.7. The molecule has 1 atom stereocenters. The van der Waals surface area contributed by atoms with E-state index in [-0.39, 0.29) is 27.8 Å². The van der Waals surface area contributed by atoms with E-state index < -0.39 is 38.9 Å². The molecule has 3 aromatic carbocycles. The second-order valence-electron chi connectivity index (χ2n) is 10.2. The molecule has 1 saturated heterocycles. The number of anilines is 2. The molecule has 13 heteroatoms. The van der Waals surface area contributed by atoms with Crippen LogP contribution >= 0.6 is 15.9 Å². The molecule has 1 aliphatic heterocycles. The standard InChI is InChI=1S/C31H30BrF3N4O4S/c1-42-24-10-8-21(27(14-24)43-2)18-39(28-11-9-22(33)16-36-28)44(40,41)31-25(34)15-26(29(32)30(31)35)37-23-12-13-38(19-23)17-20-6-4-3-5-7-20/h3-11,14-16,23,37H,12-13,17-19H2,1-2H3/t23-/m0/s1. The quantitative estimate of drug-likeness (QED) is 0.183. The number of rotatable bonds is 11. The fourth-order valence-corrected chi connectivity index (χ4v) is 7.20. The maximum atomic E-state index is 15.9. The highest BCUT2D eigenvalue weighted by molar-refractivity contribution is 9.10. The van der Waals surface area contributed by atoms with Crippen molar-refractivity contribution in [2.45, 2.75) is 30.4 Å². The van der Waals surface area contributed by atoms with Gasteiger partial charge in [-0.3, -0.25) is 4.90 Å². The highest BCUT2D eigenvalue weighted by atomic mass is 79.9. The van der Waals surface area contributed by atoms with Gasteiger partial charge < -0.3 is 14.8 Å². The van der Waals surface area contributed by atoms with Crippen LogP contribution in [0, 0.1) is 17.5 Å². The molecule has 8 nitrogen and oxygen atoms in total. The van der Waals surface area contributed by atoms with Crippen LogP contribution in [0.4, 0.5) is 24.7 Å². The van der Waals surface area contributed by atoms with Crippen molar-refractivity contribution in [1.82, 2.24) is 9.88 Å². The van der Waals surface area contributed by atoms with Crippen LogP contribution in [0.3, 0.4) is 0 Å². The third kappa shape index (κ3) is 6.79. The maximum Gasteiger partial charge on any atom is 0.271 e. The Balaban J connectivity index is 1.45. The summed E-state index contributed by atoms with van der Waals surface area (Å²) in [5.41, 5.74) is 1.60. The summed E-state index contributed by atoms with van der Waals surface area (Å²) in [6.45, 7) is 1.74. The Hall–Kier alpha value is -3.81. The van der Waals surface area contributed by atoms with Crippen molar-refractivity contribution in [1.29, 1.82) is 0 Å². The number of nitrogens with zero attached hydrogens (tertiary/aromatic N) is 3. The van der Waals surface area contributed by atoms with E-state index in [1.807, 2.05) is 30.3 Å². The van der Waals surface area contributed by atoms with Crippen LogP contribution in [0.1, 0.15) is 17.5 Å². The summed E-state index contributed by atoms with van der Waals surface area (Å²) in [5, 5.41) is 3.16. The Labute approximate surface area is 262 Å². The Morgan fingerprint density at radius 1 is 1.05 bits per heavy atom. The molecule has 0 spiro atoms. The van der Waals surface area contributed by atoms with Crippen LogP contribution in [0.25, 0.3) is 0 Å². The van der Waals surface area contributed by atoms with E-state index in [4.69, 9.17) is 9.47 Å². The van der Waals surface area contributed by atoms with Gasteiger partial charge in [0.05, 0.1) is 37.1 Å². The normalized spacial score (nSPS) is 15.3. The number of hydrogen-bond acceptors (Lipinski definition) is 7. The third-order valence-electron chi connectivity index (χ3n) is 7.32. The molecule has 0 aliphatic carbocycles. The van der Waals surface area contributed by atoms with Crippen LogP contribution < -0.4 is 19.1 Å². The van der Waals surface area contributed by atoms with Gasteiger partial charge in [0.1, 0.15) is 29.0 Å². The topological polar surface area (TPSA) is 84.0 Å². The van der Waals surface area contributed by atoms with E-state index in [1.165, 1.54) is 14.2 Å². The van der Waals surface area contributed by atoms with E-state index in [0.29, 0.717) is 22.2 Å². The second-order valence-corrected chi connectivity index (χ2v) is 12.8. The van der Waals surface area contributed by atoms with Gasteiger partial charge in [-0.15, -0.1) is 0 Å². The first-order valence-corrected chi connectivity index (χ1v) is 15.9. The first-order chi connectivity index (χ1) is 21.1. The summed E-state index contributed by atoms with van der Waals surface area (Å²) in [4.78, 5) is 4.95. The van der Waals surface area contributed by atoms with E-state index in [1.54, 1.807) is 18.2 Å². The van der Waals surface area contributed by atoms with Gasteiger partial charge in [-0.05, 0) is 58.2 Å². The number of sulfonamides is 1. The largest absolute Gasteiger partial charge is 0.497 e. The van der Waals surface area contributed by atoms with Crippen LogP contribution in [0.2, 0.25) is 0 Å². The Kier molecular flexibility index (Phi) is 9.66. The van der Waals surface area contributed by atoms with Crippen LogP contribution in [0.15, 0.2) is 82.3 Å². The molecule has 0 amide bonds. The molecule has 1 fully saturated rings. The number of likely N-dealkylation sites (tertiary alicyclic amines) is 1. The van der Waals surface area contributed by atoms with Crippen molar-refractivity contribution >= 4 is 37.5 Å². The second kappa shape index (κ2) is 13.4. The fourth-order valence-electron chi connectivity index (χ4n) is 5.13. The lowest BCUT2D eigenvalue weighted by Gasteiger charge is -2.26. The molecule has 2 heterocycles. The molecule has 1 aromatic heterocycles. The smallest absolute Gasteiger partial charge is 0.271 e. The van der Waals surface area contributed by atoms with Crippen molar-refractivity contribution in [2.75, 3.05) is 36.9 Å². The summed E-state index contributed by atoms with van der Waals surface area (Å²) < 4.78 is 84.5. The van der Waals surface area contributed by atoms with Crippen molar-refractivity contribution in [3.8, 4) is 11.5 Å². The number of benzene rings is 3. The average molecular weight is 692 g/mol. The SMILES string of the molecule is COc1ccc(CN(c2ccc(F)cn2)S(=O)(=O)c2c(F)cc(N[C@H]3CCN(Cc4ccccc4)C3)c(Br)c2F)c(OC)c1. The van der Waals surface area contributed by atoms with Gasteiger partial charge in [-0.1, -0.05) is 30.3 Å². The zero-order chi connectivity index (χ0) is 31.4. The lowest BCUT2D eigenvalue weighted by atomic mass is 10.2.